The summed E-state index contributed by atoms with van der Waals surface area (Å²) in [7, 11) is 0. The van der Waals surface area contributed by atoms with E-state index in [1.807, 2.05) is 0 Å². The lowest BCUT2D eigenvalue weighted by Gasteiger charge is -2.12. The second-order valence-electron chi connectivity index (χ2n) is 3.23. The number of carboxylic acids is 1. The number of alkyl halides is 4. The second kappa shape index (κ2) is 5.07. The van der Waals surface area contributed by atoms with Crippen LogP contribution in [0.4, 0.5) is 23.2 Å². The van der Waals surface area contributed by atoms with Gasteiger partial charge in [0.1, 0.15) is 6.67 Å². The Morgan fingerprint density at radius 3 is 2.56 bits per heavy atom. The summed E-state index contributed by atoms with van der Waals surface area (Å²) in [4.78, 5) is 13.8. The van der Waals surface area contributed by atoms with Gasteiger partial charge in [-0.3, -0.25) is 4.79 Å². The number of pyridine rings is 1. The van der Waals surface area contributed by atoms with Gasteiger partial charge in [-0.1, -0.05) is 0 Å². The fraction of sp³-hybridized carbons (Fsp3) is 0.333. The number of halogens is 4. The summed E-state index contributed by atoms with van der Waals surface area (Å²) in [6.45, 7) is -1.16. The van der Waals surface area contributed by atoms with Crippen LogP contribution in [-0.4, -0.2) is 22.4 Å². The average molecular weight is 268 g/mol. The Bertz CT molecular complexity index is 462. The molecular weight excluding hydrogens is 260 g/mol. The van der Waals surface area contributed by atoms with Crippen molar-refractivity contribution in [3.63, 3.8) is 0 Å². The monoisotopic (exact) mass is 268 g/mol. The average Bonchev–Trinajstić information content (AvgIpc) is 2.19. The quantitative estimate of drug-likeness (QED) is 0.811. The maximum atomic E-state index is 12.5. The zero-order chi connectivity index (χ0) is 13.9. The van der Waals surface area contributed by atoms with Crippen LogP contribution in [0, 0.1) is 0 Å². The molecule has 0 saturated carbocycles. The molecule has 0 aromatic carbocycles. The third-order valence-corrected chi connectivity index (χ3v) is 1.88. The number of hydrogen-bond donors (Lipinski definition) is 2. The zero-order valence-corrected chi connectivity index (χ0v) is 8.79. The number of nitrogen functional groups attached to an aromatic ring is 1. The number of carbonyl (C=O) groups is 1. The lowest BCUT2D eigenvalue weighted by atomic mass is 10.1. The molecule has 0 aliphatic carbocycles. The summed E-state index contributed by atoms with van der Waals surface area (Å²) in [5.41, 5.74) is 4.39. The minimum atomic E-state index is -5.00. The van der Waals surface area contributed by atoms with Gasteiger partial charge in [0.2, 0.25) is 5.88 Å². The van der Waals surface area contributed by atoms with Gasteiger partial charge in [-0.15, -0.1) is 13.2 Å². The fourth-order valence-electron chi connectivity index (χ4n) is 1.20. The van der Waals surface area contributed by atoms with Gasteiger partial charge in [-0.25, -0.2) is 9.37 Å². The van der Waals surface area contributed by atoms with Crippen LogP contribution in [0.3, 0.4) is 0 Å². The number of nitrogens with zero attached hydrogens (tertiary/aromatic N) is 1. The Labute approximate surface area is 98.2 Å². The standard InChI is InChI=1S/C9H8F4N2O3/c10-3-4-1-6(18-9(11,12)13)15-5(8(4)14)2-7(16)17/h1H,2-3,14H2,(H,16,17). The highest BCUT2D eigenvalue weighted by Crippen LogP contribution is 2.27. The molecule has 0 aliphatic rings. The van der Waals surface area contributed by atoms with Gasteiger partial charge in [0.05, 0.1) is 17.8 Å². The molecule has 1 rings (SSSR count). The second-order valence-corrected chi connectivity index (χ2v) is 3.23. The third kappa shape index (κ3) is 3.75. The number of carboxylic acid groups (broad SMARTS) is 1. The van der Waals surface area contributed by atoms with E-state index >= 15 is 0 Å². The van der Waals surface area contributed by atoms with Gasteiger partial charge in [0.25, 0.3) is 0 Å². The molecule has 0 aliphatic heterocycles. The van der Waals surface area contributed by atoms with Crippen molar-refractivity contribution in [3.05, 3.63) is 17.3 Å². The molecule has 0 radical (unpaired) electrons. The van der Waals surface area contributed by atoms with Gasteiger partial charge in [-0.05, 0) is 0 Å². The normalized spacial score (nSPS) is 11.3. The minimum Gasteiger partial charge on any atom is -0.481 e. The van der Waals surface area contributed by atoms with E-state index in [9.17, 15) is 22.4 Å². The first-order chi connectivity index (χ1) is 8.23. The van der Waals surface area contributed by atoms with Crippen LogP contribution < -0.4 is 10.5 Å². The van der Waals surface area contributed by atoms with E-state index in [-0.39, 0.29) is 16.9 Å². The number of ether oxygens (including phenoxy) is 1. The van der Waals surface area contributed by atoms with Crippen molar-refractivity contribution >= 4 is 11.7 Å². The van der Waals surface area contributed by atoms with E-state index in [0.29, 0.717) is 6.07 Å². The van der Waals surface area contributed by atoms with Gasteiger partial charge in [0.15, 0.2) is 0 Å². The van der Waals surface area contributed by atoms with Crippen LogP contribution in [0.5, 0.6) is 5.88 Å². The SMILES string of the molecule is Nc1c(CF)cc(OC(F)(F)F)nc1CC(=O)O. The first kappa shape index (κ1) is 14.0. The predicted molar refractivity (Wildman–Crippen MR) is 51.5 cm³/mol. The molecule has 0 bridgehead atoms. The molecule has 1 heterocycles. The molecule has 1 aromatic rings. The number of anilines is 1. The van der Waals surface area contributed by atoms with Crippen molar-refractivity contribution < 1.29 is 32.2 Å². The van der Waals surface area contributed by atoms with Crippen LogP contribution in [0.25, 0.3) is 0 Å². The molecule has 0 amide bonds. The number of nitrogens with two attached hydrogens (primary N) is 1. The summed E-state index contributed by atoms with van der Waals surface area (Å²) in [6.07, 6.45) is -5.73. The number of hydrogen-bond acceptors (Lipinski definition) is 4. The smallest absolute Gasteiger partial charge is 0.481 e. The molecular formula is C9H8F4N2O3. The van der Waals surface area contributed by atoms with Crippen molar-refractivity contribution in [2.24, 2.45) is 0 Å². The number of aromatic nitrogens is 1. The third-order valence-electron chi connectivity index (χ3n) is 1.88. The van der Waals surface area contributed by atoms with Crippen LogP contribution >= 0.6 is 0 Å². The molecule has 3 N–H and O–H groups in total. The Kier molecular flexibility index (Phi) is 3.94. The molecule has 0 spiro atoms. The summed E-state index contributed by atoms with van der Waals surface area (Å²) < 4.78 is 51.9. The van der Waals surface area contributed by atoms with Crippen LogP contribution in [-0.2, 0) is 17.9 Å². The van der Waals surface area contributed by atoms with E-state index in [4.69, 9.17) is 10.8 Å². The van der Waals surface area contributed by atoms with E-state index in [2.05, 4.69) is 9.72 Å². The molecule has 0 unspecified atom stereocenters. The Balaban J connectivity index is 3.17. The van der Waals surface area contributed by atoms with Crippen molar-refractivity contribution in [2.45, 2.75) is 19.5 Å². The highest BCUT2D eigenvalue weighted by Gasteiger charge is 2.32. The molecule has 0 fully saturated rings. The molecule has 0 atom stereocenters. The van der Waals surface area contributed by atoms with Crippen molar-refractivity contribution in [1.29, 1.82) is 0 Å². The molecule has 5 nitrogen and oxygen atoms in total. The van der Waals surface area contributed by atoms with Crippen LogP contribution in [0.2, 0.25) is 0 Å². The molecule has 18 heavy (non-hydrogen) atoms. The van der Waals surface area contributed by atoms with Gasteiger partial charge < -0.3 is 15.6 Å². The van der Waals surface area contributed by atoms with Gasteiger partial charge >= 0.3 is 12.3 Å². The van der Waals surface area contributed by atoms with E-state index in [0.717, 1.165) is 0 Å². The Morgan fingerprint density at radius 1 is 1.50 bits per heavy atom. The van der Waals surface area contributed by atoms with E-state index in [1.165, 1.54) is 0 Å². The Morgan fingerprint density at radius 2 is 2.11 bits per heavy atom. The zero-order valence-electron chi connectivity index (χ0n) is 8.79. The predicted octanol–water partition coefficient (Wildman–Crippen LogP) is 1.66. The summed E-state index contributed by atoms with van der Waals surface area (Å²) >= 11 is 0. The molecule has 9 heteroatoms. The lowest BCUT2D eigenvalue weighted by Crippen LogP contribution is -2.19. The van der Waals surface area contributed by atoms with Crippen LogP contribution in [0.15, 0.2) is 6.07 Å². The van der Waals surface area contributed by atoms with Crippen molar-refractivity contribution in [1.82, 2.24) is 4.98 Å². The van der Waals surface area contributed by atoms with Crippen molar-refractivity contribution in [2.75, 3.05) is 5.73 Å². The van der Waals surface area contributed by atoms with E-state index in [1.54, 1.807) is 0 Å². The number of rotatable bonds is 4. The van der Waals surface area contributed by atoms with Crippen LogP contribution in [0.1, 0.15) is 11.3 Å². The highest BCUT2D eigenvalue weighted by molar-refractivity contribution is 5.72. The summed E-state index contributed by atoms with van der Waals surface area (Å²) in [6, 6.07) is 0.675. The minimum absolute atomic E-state index is 0.297. The molecule has 0 saturated heterocycles. The maximum Gasteiger partial charge on any atom is 0.574 e. The lowest BCUT2D eigenvalue weighted by molar-refractivity contribution is -0.276. The highest BCUT2D eigenvalue weighted by atomic mass is 19.4. The molecule has 100 valence electrons. The summed E-state index contributed by atoms with van der Waals surface area (Å²) in [5, 5.41) is 8.53. The topological polar surface area (TPSA) is 85.4 Å². The van der Waals surface area contributed by atoms with Gasteiger partial charge in [0, 0.05) is 11.6 Å². The van der Waals surface area contributed by atoms with Crippen molar-refractivity contribution in [3.8, 4) is 5.88 Å². The first-order valence-electron chi connectivity index (χ1n) is 4.54. The fourth-order valence-corrected chi connectivity index (χ4v) is 1.20. The van der Waals surface area contributed by atoms with Gasteiger partial charge in [-0.2, -0.15) is 0 Å². The largest absolute Gasteiger partial charge is 0.574 e. The maximum absolute atomic E-state index is 12.5. The number of aliphatic carboxylic acids is 1. The Hall–Kier alpha value is -2.06. The van der Waals surface area contributed by atoms with E-state index < -0.39 is 31.3 Å². The molecule has 1 aromatic heterocycles. The first-order valence-corrected chi connectivity index (χ1v) is 4.54. The summed E-state index contributed by atoms with van der Waals surface area (Å²) in [5.74, 6) is -2.30.